The molecule has 1 aliphatic heterocycles. The first-order valence-electron chi connectivity index (χ1n) is 11.7. The smallest absolute Gasteiger partial charge is 0.410 e. The van der Waals surface area contributed by atoms with Crippen LogP contribution in [0.4, 0.5) is 4.79 Å². The third kappa shape index (κ3) is 4.25. The van der Waals surface area contributed by atoms with E-state index < -0.39 is 13.9 Å². The molecule has 0 aromatic heterocycles. The average molecular weight is 452 g/mol. The Hall–Kier alpha value is -2.11. The SMILES string of the molecule is CC(C)(C)OC(=O)N1CC2(CC(O[Si](c3ccccc3)(c3ccccc3)C(C)(C)C)C2)C1. The van der Waals surface area contributed by atoms with Gasteiger partial charge in [-0.15, -0.1) is 0 Å². The third-order valence-electron chi connectivity index (χ3n) is 6.79. The molecule has 0 bridgehead atoms. The van der Waals surface area contributed by atoms with Gasteiger partial charge in [0, 0.05) is 24.6 Å². The van der Waals surface area contributed by atoms with Crippen LogP contribution in [0.5, 0.6) is 0 Å². The summed E-state index contributed by atoms with van der Waals surface area (Å²) >= 11 is 0. The molecule has 0 unspecified atom stereocenters. The standard InChI is InChI=1S/C27H37NO3Si/c1-25(2,3)30-24(29)28-19-27(20-28)17-21(18-27)31-32(26(4,5)6,22-13-9-7-10-14-22)23-15-11-8-12-16-23/h7-16,21H,17-20H2,1-6H3. The number of ether oxygens (including phenoxy) is 1. The molecule has 1 saturated carbocycles. The highest BCUT2D eigenvalue weighted by atomic mass is 28.4. The van der Waals surface area contributed by atoms with Crippen LogP contribution in [0.25, 0.3) is 0 Å². The molecule has 1 heterocycles. The quantitative estimate of drug-likeness (QED) is 0.617. The fraction of sp³-hybridized carbons (Fsp3) is 0.519. The van der Waals surface area contributed by atoms with Crippen molar-refractivity contribution in [2.24, 2.45) is 5.41 Å². The monoisotopic (exact) mass is 451 g/mol. The molecule has 0 N–H and O–H groups in total. The van der Waals surface area contributed by atoms with Crippen molar-refractivity contribution < 1.29 is 14.0 Å². The van der Waals surface area contributed by atoms with Crippen molar-refractivity contribution in [3.63, 3.8) is 0 Å². The molecule has 32 heavy (non-hydrogen) atoms. The average Bonchev–Trinajstić information content (AvgIpc) is 2.65. The number of hydrogen-bond acceptors (Lipinski definition) is 3. The zero-order chi connectivity index (χ0) is 23.2. The van der Waals surface area contributed by atoms with Crippen molar-refractivity contribution >= 4 is 24.8 Å². The van der Waals surface area contributed by atoms with E-state index in [1.807, 2.05) is 25.7 Å². The summed E-state index contributed by atoms with van der Waals surface area (Å²) < 4.78 is 12.8. The molecule has 1 aliphatic carbocycles. The van der Waals surface area contributed by atoms with Gasteiger partial charge in [0.05, 0.1) is 0 Å². The zero-order valence-corrected chi connectivity index (χ0v) is 21.4. The van der Waals surface area contributed by atoms with E-state index >= 15 is 0 Å². The minimum atomic E-state index is -2.51. The molecule has 4 nitrogen and oxygen atoms in total. The topological polar surface area (TPSA) is 38.8 Å². The van der Waals surface area contributed by atoms with Crippen LogP contribution in [0.3, 0.4) is 0 Å². The minimum absolute atomic E-state index is 0.0133. The molecule has 0 atom stereocenters. The Labute approximate surface area is 194 Å². The molecular weight excluding hydrogens is 414 g/mol. The van der Waals surface area contributed by atoms with E-state index in [2.05, 4.69) is 81.4 Å². The second-order valence-corrected chi connectivity index (χ2v) is 15.9. The van der Waals surface area contributed by atoms with E-state index in [9.17, 15) is 4.79 Å². The van der Waals surface area contributed by atoms with E-state index in [-0.39, 0.29) is 22.7 Å². The largest absolute Gasteiger partial charge is 0.444 e. The summed E-state index contributed by atoms with van der Waals surface area (Å²) in [5, 5.41) is 2.63. The van der Waals surface area contributed by atoms with Crippen molar-refractivity contribution in [2.75, 3.05) is 13.1 Å². The Morgan fingerprint density at radius 1 is 0.875 bits per heavy atom. The maximum Gasteiger partial charge on any atom is 0.410 e. The molecule has 4 rings (SSSR count). The highest BCUT2D eigenvalue weighted by Gasteiger charge is 2.59. The third-order valence-corrected chi connectivity index (χ3v) is 11.9. The Morgan fingerprint density at radius 3 is 1.75 bits per heavy atom. The summed E-state index contributed by atoms with van der Waals surface area (Å²) in [6, 6.07) is 21.6. The second kappa shape index (κ2) is 8.03. The maximum atomic E-state index is 12.4. The van der Waals surface area contributed by atoms with Gasteiger partial charge in [-0.2, -0.15) is 0 Å². The van der Waals surface area contributed by atoms with Crippen LogP contribution in [0.1, 0.15) is 54.4 Å². The number of rotatable bonds is 4. The van der Waals surface area contributed by atoms with Gasteiger partial charge in [0.15, 0.2) is 0 Å². The molecule has 2 aromatic carbocycles. The van der Waals surface area contributed by atoms with Crippen LogP contribution >= 0.6 is 0 Å². The lowest BCUT2D eigenvalue weighted by atomic mass is 9.62. The van der Waals surface area contributed by atoms with Crippen LogP contribution < -0.4 is 10.4 Å². The van der Waals surface area contributed by atoms with E-state index in [1.165, 1.54) is 10.4 Å². The normalized spacial score (nSPS) is 18.8. The molecule has 5 heteroatoms. The molecular formula is C27H37NO3Si. The van der Waals surface area contributed by atoms with Gasteiger partial charge in [-0.05, 0) is 49.0 Å². The van der Waals surface area contributed by atoms with E-state index in [4.69, 9.17) is 9.16 Å². The minimum Gasteiger partial charge on any atom is -0.444 e. The van der Waals surface area contributed by atoms with Crippen molar-refractivity contribution in [3.05, 3.63) is 60.7 Å². The maximum absolute atomic E-state index is 12.4. The fourth-order valence-corrected chi connectivity index (χ4v) is 10.1. The van der Waals surface area contributed by atoms with E-state index in [0.29, 0.717) is 0 Å². The molecule has 0 radical (unpaired) electrons. The van der Waals surface area contributed by atoms with Crippen LogP contribution in [0, 0.1) is 5.41 Å². The lowest BCUT2D eigenvalue weighted by molar-refractivity contribution is -0.119. The van der Waals surface area contributed by atoms with Crippen molar-refractivity contribution in [2.45, 2.75) is 71.1 Å². The number of likely N-dealkylation sites (tertiary alicyclic amines) is 1. The van der Waals surface area contributed by atoms with Gasteiger partial charge in [-0.25, -0.2) is 4.79 Å². The van der Waals surface area contributed by atoms with Gasteiger partial charge in [0.2, 0.25) is 0 Å². The van der Waals surface area contributed by atoms with Gasteiger partial charge in [0.1, 0.15) is 5.60 Å². The zero-order valence-electron chi connectivity index (χ0n) is 20.4. The first-order chi connectivity index (χ1) is 14.9. The number of carbonyl (C=O) groups is 1. The summed E-state index contributed by atoms with van der Waals surface area (Å²) in [7, 11) is -2.51. The lowest BCUT2D eigenvalue weighted by Gasteiger charge is -2.60. The first-order valence-corrected chi connectivity index (χ1v) is 13.6. The summed E-state index contributed by atoms with van der Waals surface area (Å²) in [4.78, 5) is 14.2. The first kappa shape index (κ1) is 23.1. The summed E-state index contributed by atoms with van der Waals surface area (Å²) in [5.41, 5.74) is -0.249. The van der Waals surface area contributed by atoms with Gasteiger partial charge in [-0.1, -0.05) is 81.4 Å². The van der Waals surface area contributed by atoms with Crippen LogP contribution in [0.15, 0.2) is 60.7 Å². The van der Waals surface area contributed by atoms with Gasteiger partial charge < -0.3 is 14.1 Å². The van der Waals surface area contributed by atoms with E-state index in [1.54, 1.807) is 0 Å². The van der Waals surface area contributed by atoms with Gasteiger partial charge >= 0.3 is 6.09 Å². The summed E-state index contributed by atoms with van der Waals surface area (Å²) in [5.74, 6) is 0. The second-order valence-electron chi connectivity index (χ2n) is 11.6. The van der Waals surface area contributed by atoms with Crippen molar-refractivity contribution in [1.82, 2.24) is 4.90 Å². The fourth-order valence-electron chi connectivity index (χ4n) is 5.41. The molecule has 1 spiro atoms. The molecule has 2 aromatic rings. The van der Waals surface area contributed by atoms with Crippen LogP contribution in [0.2, 0.25) is 5.04 Å². The van der Waals surface area contributed by atoms with Crippen LogP contribution in [-0.2, 0) is 9.16 Å². The number of benzene rings is 2. The van der Waals surface area contributed by atoms with Crippen LogP contribution in [-0.4, -0.2) is 44.1 Å². The Balaban J connectivity index is 1.52. The number of hydrogen-bond donors (Lipinski definition) is 0. The lowest BCUT2D eigenvalue weighted by Crippen LogP contribution is -2.72. The molecule has 2 aliphatic rings. The Morgan fingerprint density at radius 2 is 1.34 bits per heavy atom. The predicted molar refractivity (Wildman–Crippen MR) is 132 cm³/mol. The van der Waals surface area contributed by atoms with Gasteiger partial charge in [-0.3, -0.25) is 0 Å². The number of nitrogens with zero attached hydrogens (tertiary/aromatic N) is 1. The van der Waals surface area contributed by atoms with Crippen molar-refractivity contribution in [3.8, 4) is 0 Å². The molecule has 2 fully saturated rings. The number of carbonyl (C=O) groups excluding carboxylic acids is 1. The van der Waals surface area contributed by atoms with Crippen molar-refractivity contribution in [1.29, 1.82) is 0 Å². The highest BCUT2D eigenvalue weighted by molar-refractivity contribution is 6.99. The van der Waals surface area contributed by atoms with Gasteiger partial charge in [0.25, 0.3) is 8.32 Å². The Kier molecular flexibility index (Phi) is 5.79. The highest BCUT2D eigenvalue weighted by Crippen LogP contribution is 2.52. The molecule has 1 amide bonds. The molecule has 172 valence electrons. The predicted octanol–water partition coefficient (Wildman–Crippen LogP) is 4.96. The van der Waals surface area contributed by atoms with E-state index in [0.717, 1.165) is 25.9 Å². The number of amides is 1. The summed E-state index contributed by atoms with van der Waals surface area (Å²) in [6.45, 7) is 14.3. The summed E-state index contributed by atoms with van der Waals surface area (Å²) in [6.07, 6.45) is 2.05. The molecule has 1 saturated heterocycles. The Bertz CT molecular complexity index is 893.